The number of carbonyl (C=O) groups excluding carboxylic acids is 4. The molecule has 19 heteroatoms. The molecule has 0 spiro atoms. The first-order valence-electron chi connectivity index (χ1n) is 45.5. The molecule has 0 aliphatic heterocycles. The maximum atomic E-state index is 13.2. The Morgan fingerprint density at radius 3 is 0.636 bits per heavy atom. The fourth-order valence-corrected chi connectivity index (χ4v) is 15.4. The summed E-state index contributed by atoms with van der Waals surface area (Å²) in [4.78, 5) is 73.3. The van der Waals surface area contributed by atoms with Gasteiger partial charge in [0.25, 0.3) is 0 Å². The van der Waals surface area contributed by atoms with Crippen molar-refractivity contribution in [1.82, 2.24) is 0 Å². The van der Waals surface area contributed by atoms with Crippen LogP contribution < -0.4 is 0 Å². The highest BCUT2D eigenvalue weighted by molar-refractivity contribution is 7.47. The van der Waals surface area contributed by atoms with Crippen molar-refractivity contribution in [3.8, 4) is 0 Å². The number of unbranched alkanes of at least 4 members (excludes halogenated alkanes) is 57. The van der Waals surface area contributed by atoms with Gasteiger partial charge in [-0.25, -0.2) is 9.13 Å². The second-order valence-corrected chi connectivity index (χ2v) is 35.5. The van der Waals surface area contributed by atoms with E-state index in [1.807, 2.05) is 0 Å². The van der Waals surface area contributed by atoms with Gasteiger partial charge in [-0.3, -0.25) is 37.3 Å². The van der Waals surface area contributed by atoms with Crippen LogP contribution in [-0.2, 0) is 65.4 Å². The molecule has 0 saturated heterocycles. The fourth-order valence-electron chi connectivity index (χ4n) is 13.8. The molecule has 17 nitrogen and oxygen atoms in total. The van der Waals surface area contributed by atoms with Crippen molar-refractivity contribution < 1.29 is 80.2 Å². The predicted molar refractivity (Wildman–Crippen MR) is 442 cm³/mol. The lowest BCUT2D eigenvalue weighted by atomic mass is 10.0. The van der Waals surface area contributed by atoms with Gasteiger partial charge in [-0.15, -0.1) is 0 Å². The molecular formula is C88H172O17P2. The average molecular weight is 1560 g/mol. The van der Waals surface area contributed by atoms with Crippen molar-refractivity contribution in [3.05, 3.63) is 0 Å². The van der Waals surface area contributed by atoms with Gasteiger partial charge in [0.05, 0.1) is 26.4 Å². The smallest absolute Gasteiger partial charge is 0.462 e. The van der Waals surface area contributed by atoms with E-state index >= 15 is 0 Å². The molecule has 0 bridgehead atoms. The number of hydrogen-bond donors (Lipinski definition) is 3. The number of ether oxygens (including phenoxy) is 4. The SMILES string of the molecule is CCCCCCCCCCCCCCCCCCCCCCC(=O)O[C@H](COC(=O)CCCCCCCCCCCCCCCCCCC(C)C)COP(=O)(O)OC[C@@H](O)COP(=O)(O)OC[C@@H](COC(=O)CCCCCCCCCCCCCCC)OC(=O)CCCCCCCCCCCCCCC(C)C. The van der Waals surface area contributed by atoms with Gasteiger partial charge in [0, 0.05) is 25.7 Å². The van der Waals surface area contributed by atoms with E-state index in [9.17, 15) is 43.2 Å². The Hall–Kier alpha value is -1.94. The van der Waals surface area contributed by atoms with Gasteiger partial charge in [0.15, 0.2) is 12.2 Å². The van der Waals surface area contributed by atoms with E-state index in [2.05, 4.69) is 41.5 Å². The van der Waals surface area contributed by atoms with E-state index in [0.29, 0.717) is 25.7 Å². The minimum Gasteiger partial charge on any atom is -0.462 e. The van der Waals surface area contributed by atoms with Crippen LogP contribution in [0.5, 0.6) is 0 Å². The lowest BCUT2D eigenvalue weighted by molar-refractivity contribution is -0.161. The first kappa shape index (κ1) is 105. The van der Waals surface area contributed by atoms with Gasteiger partial charge >= 0.3 is 39.5 Å². The molecule has 0 aliphatic carbocycles. The topological polar surface area (TPSA) is 237 Å². The molecule has 0 aromatic carbocycles. The lowest BCUT2D eigenvalue weighted by Crippen LogP contribution is -2.30. The summed E-state index contributed by atoms with van der Waals surface area (Å²) in [7, 11) is -9.93. The first-order valence-corrected chi connectivity index (χ1v) is 48.5. The van der Waals surface area contributed by atoms with Crippen molar-refractivity contribution in [2.75, 3.05) is 39.6 Å². The number of aliphatic hydroxyl groups excluding tert-OH is 1. The molecule has 0 heterocycles. The summed E-state index contributed by atoms with van der Waals surface area (Å²) < 4.78 is 69.0. The van der Waals surface area contributed by atoms with Crippen molar-refractivity contribution in [3.63, 3.8) is 0 Å². The summed E-state index contributed by atoms with van der Waals surface area (Å²) in [6.45, 7) is 9.73. The number of phosphoric acid groups is 2. The maximum absolute atomic E-state index is 13.2. The minimum atomic E-state index is -4.97. The second kappa shape index (κ2) is 79.3. The number of esters is 4. The molecule has 2 unspecified atom stereocenters. The minimum absolute atomic E-state index is 0.108. The molecule has 3 N–H and O–H groups in total. The Bertz CT molecular complexity index is 2050. The largest absolute Gasteiger partial charge is 0.472 e. The summed E-state index contributed by atoms with van der Waals surface area (Å²) in [5.74, 6) is -0.508. The van der Waals surface area contributed by atoms with E-state index in [0.717, 1.165) is 102 Å². The monoisotopic (exact) mass is 1560 g/mol. The Kier molecular flexibility index (Phi) is 77.9. The molecule has 0 aliphatic rings. The molecule has 0 aromatic heterocycles. The van der Waals surface area contributed by atoms with E-state index in [-0.39, 0.29) is 25.7 Å². The molecule has 107 heavy (non-hydrogen) atoms. The number of aliphatic hydroxyl groups is 1. The summed E-state index contributed by atoms with van der Waals surface area (Å²) >= 11 is 0. The number of hydrogen-bond acceptors (Lipinski definition) is 15. The van der Waals surface area contributed by atoms with Gasteiger partial charge in [0.2, 0.25) is 0 Å². The van der Waals surface area contributed by atoms with Crippen molar-refractivity contribution >= 4 is 39.5 Å². The Labute approximate surface area is 658 Å². The second-order valence-electron chi connectivity index (χ2n) is 32.6. The lowest BCUT2D eigenvalue weighted by Gasteiger charge is -2.21. The number of carbonyl (C=O) groups is 4. The van der Waals surface area contributed by atoms with Crippen LogP contribution >= 0.6 is 15.6 Å². The highest BCUT2D eigenvalue weighted by atomic mass is 31.2. The van der Waals surface area contributed by atoms with E-state index in [1.54, 1.807) is 0 Å². The number of phosphoric ester groups is 2. The standard InChI is InChI=1S/C88H172O17P2/c1-7-9-11-13-15-17-19-21-22-23-24-25-26-31-35-42-48-54-60-66-72-87(92)104-83(77-99-86(91)71-65-59-53-47-41-34-30-28-27-29-33-38-44-50-56-62-68-80(3)4)78-102-106(94,95)100-74-82(89)75-101-107(96,97)103-79-84(76-98-85(90)70-64-58-52-46-40-32-20-18-16-14-12-10-8-2)105-88(93)73-67-61-55-49-43-37-36-39-45-51-57-63-69-81(5)6/h80-84,89H,7-79H2,1-6H3,(H,94,95)(H,96,97)/t82-,83-,84-/m1/s1. The van der Waals surface area contributed by atoms with E-state index in [1.165, 1.54) is 289 Å². The van der Waals surface area contributed by atoms with E-state index in [4.69, 9.17) is 37.0 Å². The van der Waals surface area contributed by atoms with Crippen LogP contribution in [0.15, 0.2) is 0 Å². The van der Waals surface area contributed by atoms with Crippen LogP contribution in [0, 0.1) is 11.8 Å². The zero-order valence-electron chi connectivity index (χ0n) is 70.5. The van der Waals surface area contributed by atoms with Crippen LogP contribution in [0.25, 0.3) is 0 Å². The third-order valence-corrected chi connectivity index (χ3v) is 22.6. The highest BCUT2D eigenvalue weighted by Gasteiger charge is 2.30. The van der Waals surface area contributed by atoms with Gasteiger partial charge in [-0.1, -0.05) is 420 Å². The van der Waals surface area contributed by atoms with Crippen LogP contribution in [0.3, 0.4) is 0 Å². The number of rotatable bonds is 87. The molecule has 0 aromatic rings. The van der Waals surface area contributed by atoms with Gasteiger partial charge < -0.3 is 33.8 Å². The quantitative estimate of drug-likeness (QED) is 0.0222. The van der Waals surface area contributed by atoms with E-state index < -0.39 is 97.5 Å². The van der Waals surface area contributed by atoms with Crippen LogP contribution in [-0.4, -0.2) is 96.7 Å². The Morgan fingerprint density at radius 2 is 0.430 bits per heavy atom. The first-order chi connectivity index (χ1) is 51.9. The molecule has 0 amide bonds. The summed E-state index contributed by atoms with van der Waals surface area (Å²) in [6, 6.07) is 0. The van der Waals surface area contributed by atoms with Crippen molar-refractivity contribution in [1.29, 1.82) is 0 Å². The van der Waals surface area contributed by atoms with Crippen molar-refractivity contribution in [2.24, 2.45) is 11.8 Å². The van der Waals surface area contributed by atoms with Crippen LogP contribution in [0.4, 0.5) is 0 Å². The fraction of sp³-hybridized carbons (Fsp3) is 0.955. The zero-order chi connectivity index (χ0) is 78.5. The summed E-state index contributed by atoms with van der Waals surface area (Å²) in [5, 5.41) is 10.7. The molecule has 0 fully saturated rings. The molecule has 0 radical (unpaired) electrons. The Balaban J connectivity index is 5.26. The predicted octanol–water partition coefficient (Wildman–Crippen LogP) is 27.0. The van der Waals surface area contributed by atoms with Crippen LogP contribution in [0.1, 0.15) is 472 Å². The maximum Gasteiger partial charge on any atom is 0.472 e. The van der Waals surface area contributed by atoms with Crippen molar-refractivity contribution in [2.45, 2.75) is 490 Å². The molecule has 636 valence electrons. The van der Waals surface area contributed by atoms with Crippen LogP contribution in [0.2, 0.25) is 0 Å². The third kappa shape index (κ3) is 81.9. The average Bonchev–Trinajstić information content (AvgIpc) is 0.900. The zero-order valence-corrected chi connectivity index (χ0v) is 72.2. The molecule has 0 rings (SSSR count). The van der Waals surface area contributed by atoms with Gasteiger partial charge in [-0.2, -0.15) is 0 Å². The summed E-state index contributed by atoms with van der Waals surface area (Å²) in [5.41, 5.74) is 0. The van der Waals surface area contributed by atoms with Gasteiger partial charge in [0.1, 0.15) is 19.3 Å². The normalized spacial score (nSPS) is 13.8. The molecular weight excluding hydrogens is 1390 g/mol. The third-order valence-electron chi connectivity index (χ3n) is 20.7. The summed E-state index contributed by atoms with van der Waals surface area (Å²) in [6.07, 6.45) is 72.1. The van der Waals surface area contributed by atoms with Gasteiger partial charge in [-0.05, 0) is 37.5 Å². The Morgan fingerprint density at radius 1 is 0.252 bits per heavy atom. The molecule has 0 saturated carbocycles. The molecule has 5 atom stereocenters. The highest BCUT2D eigenvalue weighted by Crippen LogP contribution is 2.45.